The second-order valence-corrected chi connectivity index (χ2v) is 4.71. The first kappa shape index (κ1) is 15.8. The number of carbonyl (C=O) groups is 2. The van der Waals surface area contributed by atoms with E-state index in [2.05, 4.69) is 4.74 Å². The van der Waals surface area contributed by atoms with Gasteiger partial charge in [0.2, 0.25) is 0 Å². The van der Waals surface area contributed by atoms with Gasteiger partial charge in [0.15, 0.2) is 0 Å². The summed E-state index contributed by atoms with van der Waals surface area (Å²) in [5, 5.41) is 0.534. The Morgan fingerprint density at radius 1 is 1.26 bits per heavy atom. The lowest BCUT2D eigenvalue weighted by atomic mass is 10.2. The Balaban J connectivity index is 3.02. The van der Waals surface area contributed by atoms with Crippen molar-refractivity contribution in [1.29, 1.82) is 0 Å². The summed E-state index contributed by atoms with van der Waals surface area (Å²) in [4.78, 5) is 25.1. The molecule has 0 fully saturated rings. The van der Waals surface area contributed by atoms with Gasteiger partial charge in [0.05, 0.1) is 22.7 Å². The molecule has 104 valence electrons. The van der Waals surface area contributed by atoms with Crippen LogP contribution in [0.25, 0.3) is 0 Å². The van der Waals surface area contributed by atoms with Crippen LogP contribution >= 0.6 is 23.2 Å². The normalized spacial score (nSPS) is 10.1. The lowest BCUT2D eigenvalue weighted by molar-refractivity contribution is -0.141. The molecule has 0 bridgehead atoms. The molecule has 0 unspecified atom stereocenters. The number of halogens is 2. The van der Waals surface area contributed by atoms with Gasteiger partial charge in [0.1, 0.15) is 6.54 Å². The molecule has 0 saturated heterocycles. The van der Waals surface area contributed by atoms with Crippen LogP contribution in [0.5, 0.6) is 0 Å². The van der Waals surface area contributed by atoms with Gasteiger partial charge in [-0.25, -0.2) is 0 Å². The number of hydrogen-bond acceptors (Lipinski definition) is 3. The number of nitrogens with zero attached hydrogens (tertiary/aromatic N) is 1. The molecule has 1 amide bonds. The highest BCUT2D eigenvalue weighted by Crippen LogP contribution is 2.25. The van der Waals surface area contributed by atoms with Crippen LogP contribution in [-0.2, 0) is 9.53 Å². The largest absolute Gasteiger partial charge is 0.468 e. The van der Waals surface area contributed by atoms with Crippen LogP contribution in [0.15, 0.2) is 18.2 Å². The predicted molar refractivity (Wildman–Crippen MR) is 74.7 cm³/mol. The Morgan fingerprint density at radius 3 is 2.32 bits per heavy atom. The summed E-state index contributed by atoms with van der Waals surface area (Å²) in [5.41, 5.74) is 0.211. The molecule has 0 saturated carbocycles. The van der Waals surface area contributed by atoms with E-state index in [1.54, 1.807) is 18.2 Å². The van der Waals surface area contributed by atoms with Crippen molar-refractivity contribution in [2.45, 2.75) is 13.3 Å². The van der Waals surface area contributed by atoms with Gasteiger partial charge in [-0.2, -0.15) is 0 Å². The van der Waals surface area contributed by atoms with E-state index in [0.717, 1.165) is 0 Å². The molecule has 0 heterocycles. The molecule has 0 aliphatic carbocycles. The van der Waals surface area contributed by atoms with Crippen molar-refractivity contribution in [2.24, 2.45) is 0 Å². The monoisotopic (exact) mass is 303 g/mol. The minimum Gasteiger partial charge on any atom is -0.468 e. The SMILES string of the molecule is CCCN(CC(=O)OC)C(=O)c1c(Cl)cccc1Cl. The zero-order chi connectivity index (χ0) is 14.4. The summed E-state index contributed by atoms with van der Waals surface area (Å²) in [6.07, 6.45) is 0.713. The Morgan fingerprint density at radius 2 is 1.84 bits per heavy atom. The predicted octanol–water partition coefficient (Wildman–Crippen LogP) is 3.02. The Bertz CT molecular complexity index is 457. The number of ether oxygens (including phenoxy) is 1. The Labute approximate surface area is 122 Å². The lowest BCUT2D eigenvalue weighted by Crippen LogP contribution is -2.37. The molecule has 4 nitrogen and oxygen atoms in total. The first-order chi connectivity index (χ1) is 9.01. The van der Waals surface area contributed by atoms with Crippen LogP contribution in [-0.4, -0.2) is 37.0 Å². The number of benzene rings is 1. The van der Waals surface area contributed by atoms with E-state index in [1.807, 2.05) is 6.92 Å². The van der Waals surface area contributed by atoms with Crippen LogP contribution in [0.3, 0.4) is 0 Å². The highest BCUT2D eigenvalue weighted by atomic mass is 35.5. The van der Waals surface area contributed by atoms with Gasteiger partial charge in [-0.05, 0) is 18.6 Å². The van der Waals surface area contributed by atoms with E-state index in [4.69, 9.17) is 23.2 Å². The van der Waals surface area contributed by atoms with E-state index < -0.39 is 5.97 Å². The second kappa shape index (κ2) is 7.36. The second-order valence-electron chi connectivity index (χ2n) is 3.90. The standard InChI is InChI=1S/C13H15Cl2NO3/c1-3-7-16(8-11(17)19-2)13(18)12-9(14)5-4-6-10(12)15/h4-6H,3,7-8H2,1-2H3. The van der Waals surface area contributed by atoms with E-state index >= 15 is 0 Å². The summed E-state index contributed by atoms with van der Waals surface area (Å²) in [6, 6.07) is 4.83. The average Bonchev–Trinajstić information content (AvgIpc) is 2.37. The van der Waals surface area contributed by atoms with Gasteiger partial charge in [-0.1, -0.05) is 36.2 Å². The zero-order valence-corrected chi connectivity index (χ0v) is 12.3. The van der Waals surface area contributed by atoms with E-state index in [-0.39, 0.29) is 28.1 Å². The number of esters is 1. The molecule has 0 N–H and O–H groups in total. The highest BCUT2D eigenvalue weighted by Gasteiger charge is 2.22. The smallest absolute Gasteiger partial charge is 0.325 e. The van der Waals surface area contributed by atoms with E-state index in [0.29, 0.717) is 13.0 Å². The summed E-state index contributed by atoms with van der Waals surface area (Å²) >= 11 is 12.0. The van der Waals surface area contributed by atoms with Gasteiger partial charge < -0.3 is 9.64 Å². The van der Waals surface area contributed by atoms with Gasteiger partial charge in [0, 0.05) is 6.54 Å². The maximum atomic E-state index is 12.4. The van der Waals surface area contributed by atoms with Crippen molar-refractivity contribution < 1.29 is 14.3 Å². The maximum Gasteiger partial charge on any atom is 0.325 e. The number of methoxy groups -OCH3 is 1. The summed E-state index contributed by atoms with van der Waals surface area (Å²) in [6.45, 7) is 2.21. The third-order valence-electron chi connectivity index (χ3n) is 2.50. The van der Waals surface area contributed by atoms with Gasteiger partial charge in [-0.3, -0.25) is 9.59 Å². The van der Waals surface area contributed by atoms with Gasteiger partial charge >= 0.3 is 5.97 Å². The first-order valence-corrected chi connectivity index (χ1v) is 6.57. The molecule has 0 atom stereocenters. The molecular formula is C13H15Cl2NO3. The van der Waals surface area contributed by atoms with E-state index in [1.165, 1.54) is 12.0 Å². The van der Waals surface area contributed by atoms with Crippen molar-refractivity contribution in [2.75, 3.05) is 20.2 Å². The fourth-order valence-corrected chi connectivity index (χ4v) is 2.16. The number of amides is 1. The Kier molecular flexibility index (Phi) is 6.12. The molecule has 1 aromatic carbocycles. The fraction of sp³-hybridized carbons (Fsp3) is 0.385. The third-order valence-corrected chi connectivity index (χ3v) is 3.13. The van der Waals surface area contributed by atoms with Crippen molar-refractivity contribution >= 4 is 35.1 Å². The van der Waals surface area contributed by atoms with Crippen LogP contribution < -0.4 is 0 Å². The molecule has 0 aliphatic rings. The number of hydrogen-bond donors (Lipinski definition) is 0. The van der Waals surface area contributed by atoms with Crippen molar-refractivity contribution in [1.82, 2.24) is 4.90 Å². The minimum absolute atomic E-state index is 0.120. The molecule has 1 rings (SSSR count). The summed E-state index contributed by atoms with van der Waals surface area (Å²) in [5.74, 6) is -0.854. The molecular weight excluding hydrogens is 289 g/mol. The lowest BCUT2D eigenvalue weighted by Gasteiger charge is -2.21. The quantitative estimate of drug-likeness (QED) is 0.786. The van der Waals surface area contributed by atoms with Crippen molar-refractivity contribution in [3.8, 4) is 0 Å². The van der Waals surface area contributed by atoms with Crippen LogP contribution in [0.2, 0.25) is 10.0 Å². The molecule has 0 aromatic heterocycles. The third kappa shape index (κ3) is 4.11. The van der Waals surface area contributed by atoms with Crippen LogP contribution in [0.4, 0.5) is 0 Å². The minimum atomic E-state index is -0.482. The molecule has 6 heteroatoms. The van der Waals surface area contributed by atoms with E-state index in [9.17, 15) is 9.59 Å². The van der Waals surface area contributed by atoms with Crippen LogP contribution in [0.1, 0.15) is 23.7 Å². The fourth-order valence-electron chi connectivity index (χ4n) is 1.60. The molecule has 19 heavy (non-hydrogen) atoms. The first-order valence-electron chi connectivity index (χ1n) is 5.81. The van der Waals surface area contributed by atoms with Crippen molar-refractivity contribution in [3.63, 3.8) is 0 Å². The zero-order valence-electron chi connectivity index (χ0n) is 10.8. The van der Waals surface area contributed by atoms with Crippen molar-refractivity contribution in [3.05, 3.63) is 33.8 Å². The topological polar surface area (TPSA) is 46.6 Å². The Hall–Kier alpha value is -1.26. The van der Waals surface area contributed by atoms with Gasteiger partial charge in [-0.15, -0.1) is 0 Å². The molecule has 0 spiro atoms. The molecule has 0 radical (unpaired) electrons. The summed E-state index contributed by atoms with van der Waals surface area (Å²) < 4.78 is 4.57. The maximum absolute atomic E-state index is 12.4. The molecule has 0 aliphatic heterocycles. The van der Waals surface area contributed by atoms with Gasteiger partial charge in [0.25, 0.3) is 5.91 Å². The number of rotatable bonds is 5. The average molecular weight is 304 g/mol. The van der Waals surface area contributed by atoms with Crippen LogP contribution in [0, 0.1) is 0 Å². The molecule has 1 aromatic rings. The summed E-state index contributed by atoms with van der Waals surface area (Å²) in [7, 11) is 1.28. The number of carbonyl (C=O) groups excluding carboxylic acids is 2. The highest BCUT2D eigenvalue weighted by molar-refractivity contribution is 6.39.